The molecular formula is C17H24N2O4. The van der Waals surface area contributed by atoms with Crippen molar-refractivity contribution in [3.05, 3.63) is 29.8 Å². The highest BCUT2D eigenvalue weighted by atomic mass is 16.5. The fraction of sp³-hybridized carbons (Fsp3) is 0.529. The molecule has 1 aromatic rings. The van der Waals surface area contributed by atoms with Gasteiger partial charge in [-0.1, -0.05) is 0 Å². The Morgan fingerprint density at radius 2 is 1.83 bits per heavy atom. The lowest BCUT2D eigenvalue weighted by Gasteiger charge is -2.34. The van der Waals surface area contributed by atoms with Crippen LogP contribution < -0.4 is 5.32 Å². The smallest absolute Gasteiger partial charge is 0.338 e. The van der Waals surface area contributed by atoms with Gasteiger partial charge in [-0.15, -0.1) is 0 Å². The lowest BCUT2D eigenvalue weighted by atomic mass is 10.2. The molecule has 1 heterocycles. The van der Waals surface area contributed by atoms with Crippen LogP contribution in [-0.2, 0) is 14.3 Å². The van der Waals surface area contributed by atoms with Crippen LogP contribution >= 0.6 is 0 Å². The van der Waals surface area contributed by atoms with Crippen molar-refractivity contribution in [2.75, 3.05) is 31.6 Å². The number of morpholine rings is 1. The van der Waals surface area contributed by atoms with E-state index in [1.54, 1.807) is 31.2 Å². The molecule has 0 radical (unpaired) electrons. The zero-order valence-corrected chi connectivity index (χ0v) is 13.9. The molecule has 2 rings (SSSR count). The van der Waals surface area contributed by atoms with E-state index in [9.17, 15) is 9.59 Å². The Bertz CT molecular complexity index is 534. The molecule has 126 valence electrons. The minimum Gasteiger partial charge on any atom is -0.462 e. The number of esters is 1. The fourth-order valence-electron chi connectivity index (χ4n) is 2.72. The van der Waals surface area contributed by atoms with E-state index in [0.29, 0.717) is 24.4 Å². The summed E-state index contributed by atoms with van der Waals surface area (Å²) in [5, 5.41) is 2.84. The monoisotopic (exact) mass is 320 g/mol. The van der Waals surface area contributed by atoms with Crippen molar-refractivity contribution in [2.24, 2.45) is 0 Å². The van der Waals surface area contributed by atoms with Crippen LogP contribution in [0.5, 0.6) is 0 Å². The van der Waals surface area contributed by atoms with Crippen LogP contribution in [0.25, 0.3) is 0 Å². The number of anilines is 1. The number of carbonyl (C=O) groups excluding carboxylic acids is 2. The molecule has 2 atom stereocenters. The molecule has 23 heavy (non-hydrogen) atoms. The largest absolute Gasteiger partial charge is 0.462 e. The van der Waals surface area contributed by atoms with E-state index in [1.807, 2.05) is 13.8 Å². The summed E-state index contributed by atoms with van der Waals surface area (Å²) < 4.78 is 10.6. The standard InChI is InChI=1S/C17H24N2O4/c1-4-22-17(21)14-5-7-15(8-6-14)18-16(20)11-19-9-12(2)23-13(3)10-19/h5-8,12-13H,4,9-11H2,1-3H3,(H,18,20)/t12-,13-/m0/s1. The van der Waals surface area contributed by atoms with Crippen LogP contribution in [0.2, 0.25) is 0 Å². The molecule has 6 nitrogen and oxygen atoms in total. The predicted octanol–water partition coefficient (Wildman–Crippen LogP) is 1.91. The molecule has 0 unspecified atom stereocenters. The topological polar surface area (TPSA) is 67.9 Å². The number of ether oxygens (including phenoxy) is 2. The van der Waals surface area contributed by atoms with Gasteiger partial charge in [-0.25, -0.2) is 4.79 Å². The van der Waals surface area contributed by atoms with Gasteiger partial charge in [0.05, 0.1) is 30.9 Å². The summed E-state index contributed by atoms with van der Waals surface area (Å²) in [4.78, 5) is 25.8. The summed E-state index contributed by atoms with van der Waals surface area (Å²) in [5.74, 6) is -0.433. The number of hydrogen-bond acceptors (Lipinski definition) is 5. The van der Waals surface area contributed by atoms with Crippen LogP contribution in [0.3, 0.4) is 0 Å². The SMILES string of the molecule is CCOC(=O)c1ccc(NC(=O)CN2C[C@H](C)O[C@@H](C)C2)cc1. The summed E-state index contributed by atoms with van der Waals surface area (Å²) in [5.41, 5.74) is 1.14. The molecule has 0 aromatic heterocycles. The predicted molar refractivity (Wildman–Crippen MR) is 87.5 cm³/mol. The van der Waals surface area contributed by atoms with Crippen LogP contribution in [0.4, 0.5) is 5.69 Å². The second-order valence-corrected chi connectivity index (χ2v) is 5.80. The number of benzene rings is 1. The van der Waals surface area contributed by atoms with Crippen molar-refractivity contribution in [3.8, 4) is 0 Å². The zero-order chi connectivity index (χ0) is 16.8. The van der Waals surface area contributed by atoms with E-state index in [-0.39, 0.29) is 24.1 Å². The van der Waals surface area contributed by atoms with Gasteiger partial charge in [-0.2, -0.15) is 0 Å². The fourth-order valence-corrected chi connectivity index (χ4v) is 2.72. The molecule has 1 saturated heterocycles. The van der Waals surface area contributed by atoms with Gasteiger partial charge in [-0.3, -0.25) is 9.69 Å². The van der Waals surface area contributed by atoms with Gasteiger partial charge in [-0.05, 0) is 45.0 Å². The van der Waals surface area contributed by atoms with E-state index in [2.05, 4.69) is 10.2 Å². The van der Waals surface area contributed by atoms with E-state index in [1.165, 1.54) is 0 Å². The third kappa shape index (κ3) is 5.33. The molecule has 1 fully saturated rings. The number of carbonyl (C=O) groups is 2. The third-order valence-corrected chi connectivity index (χ3v) is 3.54. The second kappa shape index (κ2) is 8.08. The molecule has 1 aliphatic heterocycles. The first kappa shape index (κ1) is 17.4. The molecule has 1 aromatic carbocycles. The number of amides is 1. The second-order valence-electron chi connectivity index (χ2n) is 5.80. The first-order valence-corrected chi connectivity index (χ1v) is 7.92. The van der Waals surface area contributed by atoms with Crippen LogP contribution in [0.1, 0.15) is 31.1 Å². The average Bonchev–Trinajstić information content (AvgIpc) is 2.47. The van der Waals surface area contributed by atoms with Gasteiger partial charge in [0.1, 0.15) is 0 Å². The van der Waals surface area contributed by atoms with Gasteiger partial charge >= 0.3 is 5.97 Å². The van der Waals surface area contributed by atoms with Crippen LogP contribution in [0, 0.1) is 0 Å². The summed E-state index contributed by atoms with van der Waals surface area (Å²) in [6.45, 7) is 7.95. The summed E-state index contributed by atoms with van der Waals surface area (Å²) >= 11 is 0. The van der Waals surface area contributed by atoms with Crippen molar-refractivity contribution in [2.45, 2.75) is 33.0 Å². The Hall–Kier alpha value is -1.92. The van der Waals surface area contributed by atoms with Gasteiger partial charge in [0.15, 0.2) is 0 Å². The van der Waals surface area contributed by atoms with Gasteiger partial charge in [0, 0.05) is 18.8 Å². The molecule has 0 spiro atoms. The van der Waals surface area contributed by atoms with Crippen molar-refractivity contribution in [1.82, 2.24) is 4.90 Å². The Morgan fingerprint density at radius 1 is 1.22 bits per heavy atom. The average molecular weight is 320 g/mol. The highest BCUT2D eigenvalue weighted by molar-refractivity contribution is 5.94. The zero-order valence-electron chi connectivity index (χ0n) is 13.9. The number of nitrogens with one attached hydrogen (secondary N) is 1. The maximum Gasteiger partial charge on any atom is 0.338 e. The molecule has 6 heteroatoms. The number of rotatable bonds is 5. The van der Waals surface area contributed by atoms with E-state index >= 15 is 0 Å². The molecule has 1 amide bonds. The van der Waals surface area contributed by atoms with E-state index < -0.39 is 0 Å². The van der Waals surface area contributed by atoms with Gasteiger partial charge in [0.2, 0.25) is 5.91 Å². The van der Waals surface area contributed by atoms with Crippen LogP contribution in [0.15, 0.2) is 24.3 Å². The Morgan fingerprint density at radius 3 is 2.39 bits per heavy atom. The maximum absolute atomic E-state index is 12.1. The molecule has 0 saturated carbocycles. The van der Waals surface area contributed by atoms with Gasteiger partial charge in [0.25, 0.3) is 0 Å². The molecule has 1 aliphatic rings. The maximum atomic E-state index is 12.1. The minimum atomic E-state index is -0.360. The van der Waals surface area contributed by atoms with Crippen molar-refractivity contribution < 1.29 is 19.1 Å². The number of nitrogens with zero attached hydrogens (tertiary/aromatic N) is 1. The van der Waals surface area contributed by atoms with Crippen molar-refractivity contribution >= 4 is 17.6 Å². The third-order valence-electron chi connectivity index (χ3n) is 3.54. The van der Waals surface area contributed by atoms with Crippen molar-refractivity contribution in [3.63, 3.8) is 0 Å². The molecule has 0 aliphatic carbocycles. The molecular weight excluding hydrogens is 296 g/mol. The minimum absolute atomic E-state index is 0.0739. The van der Waals surface area contributed by atoms with E-state index in [4.69, 9.17) is 9.47 Å². The lowest BCUT2D eigenvalue weighted by Crippen LogP contribution is -2.48. The lowest BCUT2D eigenvalue weighted by molar-refractivity contribution is -0.121. The normalized spacial score (nSPS) is 21.7. The summed E-state index contributed by atoms with van der Waals surface area (Å²) in [6.07, 6.45) is 0.269. The summed E-state index contributed by atoms with van der Waals surface area (Å²) in [7, 11) is 0. The Balaban J connectivity index is 1.86. The van der Waals surface area contributed by atoms with E-state index in [0.717, 1.165) is 13.1 Å². The Kier molecular flexibility index (Phi) is 6.12. The first-order chi connectivity index (χ1) is 11.0. The van der Waals surface area contributed by atoms with Crippen LogP contribution in [-0.4, -0.2) is 55.2 Å². The first-order valence-electron chi connectivity index (χ1n) is 7.92. The molecule has 1 N–H and O–H groups in total. The van der Waals surface area contributed by atoms with Crippen molar-refractivity contribution in [1.29, 1.82) is 0 Å². The summed E-state index contributed by atoms with van der Waals surface area (Å²) in [6, 6.07) is 6.70. The molecule has 0 bridgehead atoms. The highest BCUT2D eigenvalue weighted by Crippen LogP contribution is 2.13. The number of hydrogen-bond donors (Lipinski definition) is 1. The highest BCUT2D eigenvalue weighted by Gasteiger charge is 2.23. The Labute approximate surface area is 136 Å². The van der Waals surface area contributed by atoms with Gasteiger partial charge < -0.3 is 14.8 Å². The quantitative estimate of drug-likeness (QED) is 0.840.